The molecule has 0 amide bonds. The van der Waals surface area contributed by atoms with E-state index in [1.807, 2.05) is 12.1 Å². The van der Waals surface area contributed by atoms with Gasteiger partial charge in [0.1, 0.15) is 5.82 Å². The van der Waals surface area contributed by atoms with Crippen LogP contribution in [0.15, 0.2) is 36.5 Å². The molecule has 0 saturated carbocycles. The summed E-state index contributed by atoms with van der Waals surface area (Å²) in [4.78, 5) is 8.63. The molecule has 3 nitrogen and oxygen atoms in total. The third-order valence-corrected chi connectivity index (χ3v) is 2.65. The molecule has 0 saturated heterocycles. The first-order valence-electron chi connectivity index (χ1n) is 6.43. The molecule has 19 heavy (non-hydrogen) atoms. The molecule has 1 heterocycles. The van der Waals surface area contributed by atoms with E-state index in [1.54, 1.807) is 12.3 Å². The van der Waals surface area contributed by atoms with Crippen molar-refractivity contribution >= 4 is 0 Å². The Morgan fingerprint density at radius 2 is 2.11 bits per heavy atom. The number of hydrogen-bond donors (Lipinski definition) is 1. The molecular formula is C15H18FN3. The molecule has 0 radical (unpaired) electrons. The zero-order chi connectivity index (χ0) is 13.7. The summed E-state index contributed by atoms with van der Waals surface area (Å²) in [7, 11) is 0. The molecule has 4 heteroatoms. The number of aromatic nitrogens is 2. The molecule has 0 bridgehead atoms. The Balaban J connectivity index is 2.11. The fourth-order valence-electron chi connectivity index (χ4n) is 1.75. The van der Waals surface area contributed by atoms with E-state index in [1.165, 1.54) is 12.1 Å². The van der Waals surface area contributed by atoms with Crippen LogP contribution in [0, 0.1) is 11.7 Å². The highest BCUT2D eigenvalue weighted by Crippen LogP contribution is 2.15. The van der Waals surface area contributed by atoms with Crippen LogP contribution < -0.4 is 5.32 Å². The Morgan fingerprint density at radius 3 is 2.84 bits per heavy atom. The second-order valence-corrected chi connectivity index (χ2v) is 4.91. The summed E-state index contributed by atoms with van der Waals surface area (Å²) in [5, 5.41) is 3.33. The van der Waals surface area contributed by atoms with Gasteiger partial charge in [0.25, 0.3) is 0 Å². The number of nitrogens with one attached hydrogen (secondary N) is 1. The first-order chi connectivity index (χ1) is 9.15. The van der Waals surface area contributed by atoms with E-state index < -0.39 is 0 Å². The molecule has 0 unspecified atom stereocenters. The second kappa shape index (κ2) is 6.38. The van der Waals surface area contributed by atoms with Crippen LogP contribution in [0.5, 0.6) is 0 Å². The van der Waals surface area contributed by atoms with Crippen LogP contribution in [0.4, 0.5) is 4.39 Å². The summed E-state index contributed by atoms with van der Waals surface area (Å²) < 4.78 is 13.2. The van der Waals surface area contributed by atoms with Gasteiger partial charge in [-0.3, -0.25) is 0 Å². The van der Waals surface area contributed by atoms with E-state index in [9.17, 15) is 4.39 Å². The highest BCUT2D eigenvalue weighted by Gasteiger charge is 2.04. The number of hydrogen-bond acceptors (Lipinski definition) is 3. The average molecular weight is 259 g/mol. The van der Waals surface area contributed by atoms with Crippen LogP contribution in [0.1, 0.15) is 19.5 Å². The van der Waals surface area contributed by atoms with Gasteiger partial charge in [-0.05, 0) is 30.7 Å². The number of nitrogens with zero attached hydrogens (tertiary/aromatic N) is 2. The lowest BCUT2D eigenvalue weighted by Gasteiger charge is -2.07. The molecule has 1 N–H and O–H groups in total. The van der Waals surface area contributed by atoms with Crippen molar-refractivity contribution in [2.24, 2.45) is 5.92 Å². The van der Waals surface area contributed by atoms with Crippen LogP contribution in [-0.2, 0) is 6.54 Å². The SMILES string of the molecule is CC(C)CNCc1ccnc(-c2cccc(F)c2)n1. The zero-order valence-electron chi connectivity index (χ0n) is 11.2. The molecule has 0 aliphatic rings. The van der Waals surface area contributed by atoms with Crippen LogP contribution in [0.25, 0.3) is 11.4 Å². The number of rotatable bonds is 5. The molecular weight excluding hydrogens is 241 g/mol. The van der Waals surface area contributed by atoms with Crippen molar-refractivity contribution in [3.63, 3.8) is 0 Å². The minimum Gasteiger partial charge on any atom is -0.311 e. The van der Waals surface area contributed by atoms with Crippen LogP contribution in [0.3, 0.4) is 0 Å². The lowest BCUT2D eigenvalue weighted by atomic mass is 10.2. The smallest absolute Gasteiger partial charge is 0.159 e. The monoisotopic (exact) mass is 259 g/mol. The van der Waals surface area contributed by atoms with Crippen molar-refractivity contribution < 1.29 is 4.39 Å². The van der Waals surface area contributed by atoms with E-state index >= 15 is 0 Å². The third kappa shape index (κ3) is 4.10. The van der Waals surface area contributed by atoms with Crippen LogP contribution in [0.2, 0.25) is 0 Å². The minimum absolute atomic E-state index is 0.274. The quantitative estimate of drug-likeness (QED) is 0.897. The summed E-state index contributed by atoms with van der Waals surface area (Å²) in [6.07, 6.45) is 1.71. The predicted molar refractivity (Wildman–Crippen MR) is 74.0 cm³/mol. The van der Waals surface area contributed by atoms with Crippen LogP contribution in [-0.4, -0.2) is 16.5 Å². The van der Waals surface area contributed by atoms with Crippen molar-refractivity contribution in [2.45, 2.75) is 20.4 Å². The Hall–Kier alpha value is -1.81. The van der Waals surface area contributed by atoms with E-state index in [0.29, 0.717) is 23.9 Å². The number of benzene rings is 1. The molecule has 1 aromatic carbocycles. The van der Waals surface area contributed by atoms with Gasteiger partial charge in [0.2, 0.25) is 0 Å². The van der Waals surface area contributed by atoms with Gasteiger partial charge >= 0.3 is 0 Å². The molecule has 2 rings (SSSR count). The Kier molecular flexibility index (Phi) is 4.58. The van der Waals surface area contributed by atoms with Gasteiger partial charge < -0.3 is 5.32 Å². The standard InChI is InChI=1S/C15H18FN3/c1-11(2)9-17-10-14-6-7-18-15(19-14)12-4-3-5-13(16)8-12/h3-8,11,17H,9-10H2,1-2H3. The molecule has 0 atom stereocenters. The summed E-state index contributed by atoms with van der Waals surface area (Å²) in [6, 6.07) is 8.20. The lowest BCUT2D eigenvalue weighted by Crippen LogP contribution is -2.19. The van der Waals surface area contributed by atoms with Crippen molar-refractivity contribution in [2.75, 3.05) is 6.54 Å². The maximum Gasteiger partial charge on any atom is 0.159 e. The predicted octanol–water partition coefficient (Wildman–Crippen LogP) is 3.03. The van der Waals surface area contributed by atoms with Crippen LogP contribution >= 0.6 is 0 Å². The first kappa shape index (κ1) is 13.6. The van der Waals surface area contributed by atoms with Gasteiger partial charge in [-0.2, -0.15) is 0 Å². The lowest BCUT2D eigenvalue weighted by molar-refractivity contribution is 0.548. The van der Waals surface area contributed by atoms with Gasteiger partial charge in [-0.25, -0.2) is 14.4 Å². The van der Waals surface area contributed by atoms with E-state index in [-0.39, 0.29) is 5.82 Å². The fourth-order valence-corrected chi connectivity index (χ4v) is 1.75. The molecule has 0 aliphatic heterocycles. The molecule has 0 aliphatic carbocycles. The maximum atomic E-state index is 13.2. The van der Waals surface area contributed by atoms with Gasteiger partial charge in [-0.15, -0.1) is 0 Å². The minimum atomic E-state index is -0.274. The zero-order valence-corrected chi connectivity index (χ0v) is 11.2. The van der Waals surface area contributed by atoms with E-state index in [4.69, 9.17) is 0 Å². The Labute approximate surface area is 112 Å². The molecule has 0 spiro atoms. The molecule has 0 fully saturated rings. The molecule has 2 aromatic rings. The second-order valence-electron chi connectivity index (χ2n) is 4.91. The third-order valence-electron chi connectivity index (χ3n) is 2.65. The summed E-state index contributed by atoms with van der Waals surface area (Å²) in [5.41, 5.74) is 1.61. The fraction of sp³-hybridized carbons (Fsp3) is 0.333. The molecule has 100 valence electrons. The Bertz CT molecular complexity index is 540. The van der Waals surface area contributed by atoms with Gasteiger partial charge in [0.05, 0.1) is 5.69 Å². The summed E-state index contributed by atoms with van der Waals surface area (Å²) in [6.45, 7) is 5.96. The first-order valence-corrected chi connectivity index (χ1v) is 6.43. The maximum absolute atomic E-state index is 13.2. The summed E-state index contributed by atoms with van der Waals surface area (Å²) >= 11 is 0. The molecule has 1 aromatic heterocycles. The topological polar surface area (TPSA) is 37.8 Å². The van der Waals surface area contributed by atoms with Crippen molar-refractivity contribution in [3.8, 4) is 11.4 Å². The van der Waals surface area contributed by atoms with Crippen molar-refractivity contribution in [3.05, 3.63) is 48.0 Å². The van der Waals surface area contributed by atoms with E-state index in [0.717, 1.165) is 12.2 Å². The highest BCUT2D eigenvalue weighted by molar-refractivity contribution is 5.54. The summed E-state index contributed by atoms with van der Waals surface area (Å²) in [5.74, 6) is 0.886. The average Bonchev–Trinajstić information content (AvgIpc) is 2.39. The van der Waals surface area contributed by atoms with Crippen molar-refractivity contribution in [1.29, 1.82) is 0 Å². The Morgan fingerprint density at radius 1 is 1.26 bits per heavy atom. The van der Waals surface area contributed by atoms with E-state index in [2.05, 4.69) is 29.1 Å². The number of halogens is 1. The van der Waals surface area contributed by atoms with Crippen molar-refractivity contribution in [1.82, 2.24) is 15.3 Å². The van der Waals surface area contributed by atoms with Gasteiger partial charge in [-0.1, -0.05) is 26.0 Å². The van der Waals surface area contributed by atoms with Gasteiger partial charge in [0, 0.05) is 18.3 Å². The van der Waals surface area contributed by atoms with Gasteiger partial charge in [0.15, 0.2) is 5.82 Å². The largest absolute Gasteiger partial charge is 0.311 e. The highest BCUT2D eigenvalue weighted by atomic mass is 19.1. The normalized spacial score (nSPS) is 10.9.